The van der Waals surface area contributed by atoms with E-state index in [2.05, 4.69) is 20.8 Å². The molecule has 0 N–H and O–H groups in total. The fraction of sp³-hybridized carbons (Fsp3) is 0.957. The van der Waals surface area contributed by atoms with Crippen LogP contribution >= 0.6 is 0 Å². The van der Waals surface area contributed by atoms with Crippen molar-refractivity contribution in [2.24, 2.45) is 52.3 Å². The Hall–Kier alpha value is -0.530. The van der Waals surface area contributed by atoms with Gasteiger partial charge in [-0.2, -0.15) is 0 Å². The first kappa shape index (κ1) is 16.6. The Morgan fingerprint density at radius 1 is 0.920 bits per heavy atom. The summed E-state index contributed by atoms with van der Waals surface area (Å²) in [5.74, 6) is 6.49. The second kappa shape index (κ2) is 4.84. The average molecular weight is 345 g/mol. The van der Waals surface area contributed by atoms with Crippen molar-refractivity contribution in [3.05, 3.63) is 0 Å². The quantitative estimate of drug-likeness (QED) is 0.634. The van der Waals surface area contributed by atoms with E-state index in [-0.39, 0.29) is 22.4 Å². The second-order valence-electron chi connectivity index (χ2n) is 11.5. The molecule has 0 aromatic heterocycles. The Labute approximate surface area is 153 Å². The van der Waals surface area contributed by atoms with E-state index in [4.69, 9.17) is 4.74 Å². The molecule has 4 atom stereocenters. The van der Waals surface area contributed by atoms with Gasteiger partial charge in [0.1, 0.15) is 5.60 Å². The van der Waals surface area contributed by atoms with Gasteiger partial charge in [-0.3, -0.25) is 4.79 Å². The maximum absolute atomic E-state index is 13.0. The summed E-state index contributed by atoms with van der Waals surface area (Å²) in [6.07, 6.45) is 9.52. The largest absolute Gasteiger partial charge is 0.459 e. The van der Waals surface area contributed by atoms with Gasteiger partial charge in [0.05, 0.1) is 5.41 Å². The Morgan fingerprint density at radius 2 is 1.48 bits per heavy atom. The van der Waals surface area contributed by atoms with Crippen LogP contribution in [0, 0.1) is 52.3 Å². The minimum Gasteiger partial charge on any atom is -0.459 e. The second-order valence-corrected chi connectivity index (χ2v) is 11.5. The predicted molar refractivity (Wildman–Crippen MR) is 98.8 cm³/mol. The minimum atomic E-state index is -0.364. The first-order chi connectivity index (χ1) is 11.7. The van der Waals surface area contributed by atoms with Gasteiger partial charge in [-0.05, 0) is 114 Å². The van der Waals surface area contributed by atoms with Gasteiger partial charge in [-0.1, -0.05) is 6.92 Å². The smallest absolute Gasteiger partial charge is 0.312 e. The lowest BCUT2D eigenvalue weighted by Crippen LogP contribution is -2.73. The third-order valence-electron chi connectivity index (χ3n) is 9.98. The van der Waals surface area contributed by atoms with Crippen molar-refractivity contribution in [2.75, 3.05) is 0 Å². The molecule has 7 rings (SSSR count). The normalized spacial score (nSPS) is 49.7. The molecule has 0 aliphatic heterocycles. The third kappa shape index (κ3) is 1.90. The van der Waals surface area contributed by atoms with Crippen molar-refractivity contribution in [3.63, 3.8) is 0 Å². The first-order valence-corrected chi connectivity index (χ1v) is 10.9. The van der Waals surface area contributed by atoms with Crippen LogP contribution in [-0.2, 0) is 9.53 Å². The fourth-order valence-electron chi connectivity index (χ4n) is 8.70. The third-order valence-corrected chi connectivity index (χ3v) is 9.98. The number of hydrogen-bond donors (Lipinski definition) is 0. The lowest BCUT2D eigenvalue weighted by Gasteiger charge is -2.77. The van der Waals surface area contributed by atoms with Crippen LogP contribution in [0.5, 0.6) is 0 Å². The number of carbonyl (C=O) groups is 1. The molecule has 0 aromatic rings. The molecule has 2 nitrogen and oxygen atoms in total. The van der Waals surface area contributed by atoms with Gasteiger partial charge in [0.25, 0.3) is 0 Å². The molecule has 7 aliphatic carbocycles. The van der Waals surface area contributed by atoms with Crippen LogP contribution in [0.15, 0.2) is 0 Å². The topological polar surface area (TPSA) is 26.3 Å². The van der Waals surface area contributed by atoms with Crippen LogP contribution in [0.2, 0.25) is 0 Å². The molecule has 0 aromatic carbocycles. The fourth-order valence-corrected chi connectivity index (χ4v) is 8.70. The molecule has 25 heavy (non-hydrogen) atoms. The number of esters is 1. The van der Waals surface area contributed by atoms with Gasteiger partial charge in [-0.15, -0.1) is 0 Å². The highest BCUT2D eigenvalue weighted by molar-refractivity contribution is 5.76. The molecule has 0 saturated heterocycles. The highest BCUT2D eigenvalue weighted by Crippen LogP contribution is 2.78. The van der Waals surface area contributed by atoms with Gasteiger partial charge in [0.2, 0.25) is 0 Å². The molecule has 0 amide bonds. The summed E-state index contributed by atoms with van der Waals surface area (Å²) in [6.45, 7) is 10.7. The highest BCUT2D eigenvalue weighted by Gasteiger charge is 2.74. The van der Waals surface area contributed by atoms with E-state index in [1.807, 2.05) is 13.8 Å². The van der Waals surface area contributed by atoms with Gasteiger partial charge >= 0.3 is 5.97 Å². The molecule has 140 valence electrons. The van der Waals surface area contributed by atoms with Crippen LogP contribution in [0.25, 0.3) is 0 Å². The lowest BCUT2D eigenvalue weighted by atomic mass is 9.28. The van der Waals surface area contributed by atoms with Crippen molar-refractivity contribution in [1.29, 1.82) is 0 Å². The van der Waals surface area contributed by atoms with Gasteiger partial charge in [0, 0.05) is 5.41 Å². The highest BCUT2D eigenvalue weighted by atomic mass is 16.6. The van der Waals surface area contributed by atoms with Gasteiger partial charge in [0.15, 0.2) is 0 Å². The maximum atomic E-state index is 13.0. The Balaban J connectivity index is 1.53. The molecule has 7 saturated carbocycles. The van der Waals surface area contributed by atoms with Gasteiger partial charge < -0.3 is 4.74 Å². The maximum Gasteiger partial charge on any atom is 0.312 e. The first-order valence-electron chi connectivity index (χ1n) is 10.9. The van der Waals surface area contributed by atoms with Crippen LogP contribution in [0.3, 0.4) is 0 Å². The van der Waals surface area contributed by atoms with Crippen molar-refractivity contribution >= 4 is 5.97 Å². The van der Waals surface area contributed by atoms with Crippen molar-refractivity contribution in [2.45, 2.75) is 85.2 Å². The summed E-state index contributed by atoms with van der Waals surface area (Å²) in [5.41, 5.74) is -0.401. The summed E-state index contributed by atoms with van der Waals surface area (Å²) in [4.78, 5) is 13.0. The van der Waals surface area contributed by atoms with Crippen molar-refractivity contribution in [3.8, 4) is 0 Å². The molecule has 0 heterocycles. The zero-order valence-corrected chi connectivity index (χ0v) is 16.8. The number of ether oxygens (including phenoxy) is 1. The Bertz CT molecular complexity index is 579. The summed E-state index contributed by atoms with van der Waals surface area (Å²) in [7, 11) is 0. The van der Waals surface area contributed by atoms with E-state index in [9.17, 15) is 4.79 Å². The molecule has 7 aliphatic rings. The molecule has 4 unspecified atom stereocenters. The van der Waals surface area contributed by atoms with Crippen LogP contribution in [0.1, 0.15) is 79.6 Å². The predicted octanol–water partition coefficient (Wildman–Crippen LogP) is 5.45. The van der Waals surface area contributed by atoms with E-state index in [0.29, 0.717) is 0 Å². The number of carbonyl (C=O) groups excluding carboxylic acids is 1. The zero-order valence-electron chi connectivity index (χ0n) is 16.8. The average Bonchev–Trinajstić information content (AvgIpc) is 2.58. The SMILES string of the molecule is CCC(C)(C)C(=O)OC(C)(C)C12CC3CC4C5CC(CC41)CC2C5C3. The summed E-state index contributed by atoms with van der Waals surface area (Å²) < 4.78 is 6.43. The van der Waals surface area contributed by atoms with E-state index in [0.717, 1.165) is 47.8 Å². The summed E-state index contributed by atoms with van der Waals surface area (Å²) >= 11 is 0. The summed E-state index contributed by atoms with van der Waals surface area (Å²) in [5, 5.41) is 0. The van der Waals surface area contributed by atoms with Gasteiger partial charge in [-0.25, -0.2) is 0 Å². The molecule has 0 spiro atoms. The van der Waals surface area contributed by atoms with Crippen molar-refractivity contribution < 1.29 is 9.53 Å². The van der Waals surface area contributed by atoms with Crippen molar-refractivity contribution in [1.82, 2.24) is 0 Å². The Morgan fingerprint density at radius 3 is 2.04 bits per heavy atom. The molecular formula is C23H36O2. The van der Waals surface area contributed by atoms with Crippen LogP contribution in [-0.4, -0.2) is 11.6 Å². The minimum absolute atomic E-state index is 0.0268. The standard InChI is InChI=1S/C23H36O2/c1-6-21(2,3)20(24)25-22(4,5)23-12-14-8-16-15-7-13(10-18(16)23)11-19(23)17(15)9-14/h13-19H,6-12H2,1-5H3. The van der Waals surface area contributed by atoms with Crippen LogP contribution < -0.4 is 0 Å². The number of rotatable bonds is 4. The van der Waals surface area contributed by atoms with E-state index >= 15 is 0 Å². The van der Waals surface area contributed by atoms with E-state index in [1.165, 1.54) is 38.5 Å². The molecular weight excluding hydrogens is 308 g/mol. The molecule has 0 radical (unpaired) electrons. The monoisotopic (exact) mass is 344 g/mol. The van der Waals surface area contributed by atoms with E-state index in [1.54, 1.807) is 0 Å². The zero-order chi connectivity index (χ0) is 17.8. The lowest BCUT2D eigenvalue weighted by molar-refractivity contribution is -0.309. The molecule has 2 heteroatoms. The van der Waals surface area contributed by atoms with Crippen LogP contribution in [0.4, 0.5) is 0 Å². The summed E-state index contributed by atoms with van der Waals surface area (Å²) in [6, 6.07) is 0. The van der Waals surface area contributed by atoms with E-state index < -0.39 is 0 Å². The Kier molecular flexibility index (Phi) is 3.22. The molecule has 7 fully saturated rings. The molecule has 8 bridgehead atoms. The number of hydrogen-bond acceptors (Lipinski definition) is 2.